The van der Waals surface area contributed by atoms with Crippen LogP contribution in [0.5, 0.6) is 11.5 Å². The molecule has 2 N–H and O–H groups in total. The second-order valence-electron chi connectivity index (χ2n) is 3.53. The molecular formula is C11H13BrO4. The smallest absolute Gasteiger partial charge is 0.310 e. The van der Waals surface area contributed by atoms with Gasteiger partial charge in [-0.1, -0.05) is 0 Å². The van der Waals surface area contributed by atoms with Gasteiger partial charge in [-0.2, -0.15) is 0 Å². The Bertz CT molecular complexity index is 428. The van der Waals surface area contributed by atoms with E-state index in [1.54, 1.807) is 13.8 Å². The van der Waals surface area contributed by atoms with Crippen molar-refractivity contribution in [3.05, 3.63) is 21.7 Å². The Morgan fingerprint density at radius 2 is 2.12 bits per heavy atom. The molecule has 0 aliphatic rings. The summed E-state index contributed by atoms with van der Waals surface area (Å²) in [5, 5.41) is 18.6. The van der Waals surface area contributed by atoms with E-state index >= 15 is 0 Å². The molecule has 0 aliphatic carbocycles. The van der Waals surface area contributed by atoms with Crippen molar-refractivity contribution in [1.82, 2.24) is 0 Å². The summed E-state index contributed by atoms with van der Waals surface area (Å²) in [5.41, 5.74) is 1.32. The van der Waals surface area contributed by atoms with E-state index in [1.807, 2.05) is 0 Å². The summed E-state index contributed by atoms with van der Waals surface area (Å²) in [6, 6.07) is 1.50. The van der Waals surface area contributed by atoms with Gasteiger partial charge in [-0.3, -0.25) is 4.79 Å². The van der Waals surface area contributed by atoms with Gasteiger partial charge in [-0.05, 0) is 47.0 Å². The molecule has 0 aliphatic heterocycles. The molecule has 5 heteroatoms. The fraction of sp³-hybridized carbons (Fsp3) is 0.364. The molecule has 0 aromatic heterocycles. The topological polar surface area (TPSA) is 66.8 Å². The minimum atomic E-state index is -0.920. The molecule has 0 spiro atoms. The van der Waals surface area contributed by atoms with Gasteiger partial charge in [0.1, 0.15) is 0 Å². The molecule has 16 heavy (non-hydrogen) atoms. The summed E-state index contributed by atoms with van der Waals surface area (Å²) in [6.07, 6.45) is 0. The highest BCUT2D eigenvalue weighted by Gasteiger charge is 2.23. The average Bonchev–Trinajstić information content (AvgIpc) is 2.17. The first-order valence-corrected chi connectivity index (χ1v) is 5.48. The van der Waals surface area contributed by atoms with Crippen molar-refractivity contribution >= 4 is 21.9 Å². The van der Waals surface area contributed by atoms with Crippen LogP contribution in [0.2, 0.25) is 0 Å². The lowest BCUT2D eigenvalue weighted by atomic mass is 9.96. The van der Waals surface area contributed by atoms with Gasteiger partial charge in [0.15, 0.2) is 11.5 Å². The van der Waals surface area contributed by atoms with Crippen LogP contribution in [0, 0.1) is 6.92 Å². The lowest BCUT2D eigenvalue weighted by Gasteiger charge is -2.16. The van der Waals surface area contributed by atoms with Crippen LogP contribution in [-0.4, -0.2) is 23.3 Å². The van der Waals surface area contributed by atoms with Crippen molar-refractivity contribution in [2.45, 2.75) is 19.8 Å². The number of phenols is 1. The van der Waals surface area contributed by atoms with Gasteiger partial charge in [0.2, 0.25) is 0 Å². The fourth-order valence-corrected chi connectivity index (χ4v) is 2.63. The highest BCUT2D eigenvalue weighted by atomic mass is 79.9. The third-order valence-corrected chi connectivity index (χ3v) is 3.24. The largest absolute Gasteiger partial charge is 0.504 e. The normalized spacial score (nSPS) is 12.2. The summed E-state index contributed by atoms with van der Waals surface area (Å²) in [6.45, 7) is 3.34. The van der Waals surface area contributed by atoms with Gasteiger partial charge in [0.25, 0.3) is 0 Å². The van der Waals surface area contributed by atoms with Crippen LogP contribution in [0.15, 0.2) is 10.5 Å². The molecule has 1 aromatic rings. The lowest BCUT2D eigenvalue weighted by Crippen LogP contribution is -2.10. The molecule has 0 heterocycles. The average molecular weight is 289 g/mol. The summed E-state index contributed by atoms with van der Waals surface area (Å²) >= 11 is 3.26. The van der Waals surface area contributed by atoms with Crippen LogP contribution in [-0.2, 0) is 4.79 Å². The molecule has 0 saturated heterocycles. The maximum absolute atomic E-state index is 11.0. The Labute approximate surface area is 102 Å². The number of ether oxygens (including phenoxy) is 1. The van der Waals surface area contributed by atoms with Crippen LogP contribution in [0.4, 0.5) is 0 Å². The number of halogens is 1. The zero-order valence-corrected chi connectivity index (χ0v) is 10.8. The van der Waals surface area contributed by atoms with Crippen molar-refractivity contribution in [1.29, 1.82) is 0 Å². The summed E-state index contributed by atoms with van der Waals surface area (Å²) in [7, 11) is 1.42. The fourth-order valence-electron chi connectivity index (χ4n) is 1.61. The van der Waals surface area contributed by atoms with E-state index in [2.05, 4.69) is 15.9 Å². The third-order valence-electron chi connectivity index (χ3n) is 2.45. The number of carbonyl (C=O) groups is 1. The molecule has 1 unspecified atom stereocenters. The van der Waals surface area contributed by atoms with E-state index < -0.39 is 11.9 Å². The van der Waals surface area contributed by atoms with Gasteiger partial charge in [-0.25, -0.2) is 0 Å². The molecule has 0 fully saturated rings. The number of rotatable bonds is 3. The summed E-state index contributed by atoms with van der Waals surface area (Å²) in [4.78, 5) is 11.0. The van der Waals surface area contributed by atoms with E-state index in [9.17, 15) is 9.90 Å². The third kappa shape index (κ3) is 2.14. The molecule has 0 radical (unpaired) electrons. The number of benzene rings is 1. The summed E-state index contributed by atoms with van der Waals surface area (Å²) < 4.78 is 5.50. The lowest BCUT2D eigenvalue weighted by molar-refractivity contribution is -0.138. The van der Waals surface area contributed by atoms with E-state index in [0.717, 1.165) is 0 Å². The minimum Gasteiger partial charge on any atom is -0.504 e. The maximum Gasteiger partial charge on any atom is 0.310 e. The minimum absolute atomic E-state index is 0.00628. The van der Waals surface area contributed by atoms with Crippen molar-refractivity contribution in [2.75, 3.05) is 7.11 Å². The van der Waals surface area contributed by atoms with Gasteiger partial charge in [0.05, 0.1) is 17.5 Å². The van der Waals surface area contributed by atoms with Gasteiger partial charge in [0, 0.05) is 0 Å². The van der Waals surface area contributed by atoms with Gasteiger partial charge in [-0.15, -0.1) is 0 Å². The van der Waals surface area contributed by atoms with Crippen LogP contribution in [0.25, 0.3) is 0 Å². The predicted molar refractivity (Wildman–Crippen MR) is 63.1 cm³/mol. The Morgan fingerprint density at radius 1 is 1.56 bits per heavy atom. The molecular weight excluding hydrogens is 276 g/mol. The van der Waals surface area contributed by atoms with E-state index in [-0.39, 0.29) is 11.5 Å². The molecule has 4 nitrogen and oxygen atoms in total. The van der Waals surface area contributed by atoms with Crippen molar-refractivity contribution < 1.29 is 19.7 Å². The second-order valence-corrected chi connectivity index (χ2v) is 4.33. The molecule has 1 rings (SSSR count). The standard InChI is InChI=1S/C11H13BrO4/c1-5-4-7(13)10(16-3)9(12)8(5)6(2)11(14)15/h4,6,13H,1-3H3,(H,14,15). The highest BCUT2D eigenvalue weighted by molar-refractivity contribution is 9.10. The van der Waals surface area contributed by atoms with E-state index in [1.165, 1.54) is 13.2 Å². The quantitative estimate of drug-likeness (QED) is 0.897. The number of hydrogen-bond acceptors (Lipinski definition) is 3. The van der Waals surface area contributed by atoms with Crippen LogP contribution in [0.3, 0.4) is 0 Å². The molecule has 0 amide bonds. The zero-order valence-electron chi connectivity index (χ0n) is 9.24. The molecule has 0 saturated carbocycles. The molecule has 88 valence electrons. The van der Waals surface area contributed by atoms with Gasteiger partial charge < -0.3 is 14.9 Å². The Kier molecular flexibility index (Phi) is 3.80. The Balaban J connectivity index is 3.45. The van der Waals surface area contributed by atoms with Crippen molar-refractivity contribution in [3.63, 3.8) is 0 Å². The number of phenolic OH excluding ortho intramolecular Hbond substituents is 1. The molecule has 0 bridgehead atoms. The maximum atomic E-state index is 11.0. The number of carboxylic acid groups (broad SMARTS) is 1. The first-order chi connectivity index (χ1) is 7.40. The van der Waals surface area contributed by atoms with Gasteiger partial charge >= 0.3 is 5.97 Å². The van der Waals surface area contributed by atoms with Crippen LogP contribution < -0.4 is 4.74 Å². The van der Waals surface area contributed by atoms with E-state index in [0.29, 0.717) is 15.6 Å². The SMILES string of the molecule is COc1c(O)cc(C)c(C(C)C(=O)O)c1Br. The zero-order chi connectivity index (χ0) is 12.5. The number of aromatic hydroxyl groups is 1. The van der Waals surface area contributed by atoms with Crippen LogP contribution in [0.1, 0.15) is 24.0 Å². The number of aryl methyl sites for hydroxylation is 1. The predicted octanol–water partition coefficient (Wildman–Crippen LogP) is 2.66. The van der Waals surface area contributed by atoms with E-state index in [4.69, 9.17) is 9.84 Å². The van der Waals surface area contributed by atoms with Crippen molar-refractivity contribution in [3.8, 4) is 11.5 Å². The first-order valence-electron chi connectivity index (χ1n) is 4.68. The molecule has 1 aromatic carbocycles. The number of aliphatic carboxylic acids is 1. The Morgan fingerprint density at radius 3 is 2.56 bits per heavy atom. The second kappa shape index (κ2) is 4.74. The van der Waals surface area contributed by atoms with Crippen LogP contribution >= 0.6 is 15.9 Å². The molecule has 1 atom stereocenters. The number of methoxy groups -OCH3 is 1. The Hall–Kier alpha value is -1.23. The highest BCUT2D eigenvalue weighted by Crippen LogP contribution is 2.41. The number of hydrogen-bond donors (Lipinski definition) is 2. The van der Waals surface area contributed by atoms with Crippen molar-refractivity contribution in [2.24, 2.45) is 0 Å². The number of carboxylic acids is 1. The first kappa shape index (κ1) is 12.8. The summed E-state index contributed by atoms with van der Waals surface area (Å²) in [5.74, 6) is -1.33. The monoisotopic (exact) mass is 288 g/mol.